The number of hydrogen-bond acceptors (Lipinski definition) is 3. The molecule has 0 aliphatic heterocycles. The van der Waals surface area contributed by atoms with Crippen molar-refractivity contribution in [1.29, 1.82) is 0 Å². The molecule has 0 spiro atoms. The summed E-state index contributed by atoms with van der Waals surface area (Å²) in [4.78, 5) is 33.3. The summed E-state index contributed by atoms with van der Waals surface area (Å²) in [6.07, 6.45) is -2.49. The molecule has 0 atom stereocenters. The average Bonchev–Trinajstić information content (AvgIpc) is 2.82. The number of pyridine rings is 1. The summed E-state index contributed by atoms with van der Waals surface area (Å²) in [5.41, 5.74) is 1.88. The van der Waals surface area contributed by atoms with Crippen molar-refractivity contribution in [2.24, 2.45) is 0 Å². The van der Waals surface area contributed by atoms with Gasteiger partial charge in [0.2, 0.25) is 0 Å². The smallest absolute Gasteiger partial charge is 0.343 e. The van der Waals surface area contributed by atoms with Crippen LogP contribution in [0.3, 0.4) is 0 Å². The Bertz CT molecular complexity index is 1300. The van der Waals surface area contributed by atoms with Crippen LogP contribution in [0.25, 0.3) is 0 Å². The number of hydrogen-bond donors (Lipinski definition) is 0. The van der Waals surface area contributed by atoms with E-state index < -0.39 is 22.8 Å². The van der Waals surface area contributed by atoms with Crippen LogP contribution in [0.5, 0.6) is 0 Å². The summed E-state index contributed by atoms with van der Waals surface area (Å²) in [5, 5.41) is -0.432. The molecule has 11 heteroatoms. The second-order valence-electron chi connectivity index (χ2n) is 8.27. The molecule has 0 radical (unpaired) electrons. The van der Waals surface area contributed by atoms with E-state index in [4.69, 9.17) is 11.6 Å². The van der Waals surface area contributed by atoms with Crippen LogP contribution in [-0.4, -0.2) is 50.0 Å². The van der Waals surface area contributed by atoms with Gasteiger partial charge in [-0.25, -0.2) is 4.79 Å². The number of nitrogens with zero attached hydrogens (tertiary/aromatic N) is 4. The van der Waals surface area contributed by atoms with Crippen molar-refractivity contribution in [2.45, 2.75) is 12.6 Å². The van der Waals surface area contributed by atoms with Crippen molar-refractivity contribution in [3.8, 4) is 0 Å². The van der Waals surface area contributed by atoms with Gasteiger partial charge in [0.1, 0.15) is 5.69 Å². The highest BCUT2D eigenvalue weighted by Crippen LogP contribution is 2.37. The molecule has 0 saturated carbocycles. The first-order valence-corrected chi connectivity index (χ1v) is 12.1. The maximum atomic E-state index is 13.2. The van der Waals surface area contributed by atoms with E-state index in [0.29, 0.717) is 17.8 Å². The summed E-state index contributed by atoms with van der Waals surface area (Å²) < 4.78 is 40.5. The Balaban J connectivity index is 1.79. The quantitative estimate of drug-likeness (QED) is 0.309. The fourth-order valence-electron chi connectivity index (χ4n) is 3.48. The molecule has 3 rings (SSSR count). The van der Waals surface area contributed by atoms with Crippen molar-refractivity contribution >= 4 is 57.5 Å². The van der Waals surface area contributed by atoms with Crippen LogP contribution in [0.15, 0.2) is 54.7 Å². The molecular weight excluding hydrogens is 608 g/mol. The Morgan fingerprint density at radius 3 is 2.22 bits per heavy atom. The van der Waals surface area contributed by atoms with Crippen LogP contribution >= 0.6 is 34.2 Å². The predicted molar refractivity (Wildman–Crippen MR) is 143 cm³/mol. The number of carbonyl (C=O) groups excluding carboxylic acids is 2. The lowest BCUT2D eigenvalue weighted by atomic mass is 10.0. The number of carbonyl (C=O) groups is 2. The van der Waals surface area contributed by atoms with Crippen molar-refractivity contribution in [1.82, 2.24) is 9.88 Å². The van der Waals surface area contributed by atoms with Gasteiger partial charge in [-0.1, -0.05) is 17.7 Å². The molecule has 190 valence electrons. The van der Waals surface area contributed by atoms with E-state index in [2.05, 4.69) is 27.6 Å². The molecule has 0 fully saturated rings. The molecule has 0 saturated heterocycles. The standard InChI is InChI=1S/C25H23ClF3IN4O2/c1-32(2)23(35)21-13-16(9-10-31-21)11-15-5-8-22(20(30)12-15)34(4)24(36)33(3)17-6-7-19(26)18(14-17)25(27,28)29/h5-10,12-14H,11H2,1-4H3. The molecule has 1 aromatic heterocycles. The second-order valence-corrected chi connectivity index (χ2v) is 9.84. The van der Waals surface area contributed by atoms with Gasteiger partial charge in [-0.2, -0.15) is 13.2 Å². The highest BCUT2D eigenvalue weighted by molar-refractivity contribution is 14.1. The average molecular weight is 631 g/mol. The van der Waals surface area contributed by atoms with Crippen molar-refractivity contribution in [2.75, 3.05) is 38.0 Å². The van der Waals surface area contributed by atoms with Gasteiger partial charge >= 0.3 is 12.2 Å². The van der Waals surface area contributed by atoms with Gasteiger partial charge in [-0.05, 0) is 82.6 Å². The molecule has 3 amide bonds. The third kappa shape index (κ3) is 6.28. The van der Waals surface area contributed by atoms with E-state index in [1.165, 1.54) is 22.9 Å². The summed E-state index contributed by atoms with van der Waals surface area (Å²) in [7, 11) is 6.28. The number of aromatic nitrogens is 1. The molecule has 0 aliphatic carbocycles. The number of rotatable bonds is 5. The van der Waals surface area contributed by atoms with E-state index in [0.717, 1.165) is 31.7 Å². The Labute approximate surface area is 225 Å². The topological polar surface area (TPSA) is 56.8 Å². The molecule has 2 aromatic carbocycles. The molecule has 6 nitrogen and oxygen atoms in total. The van der Waals surface area contributed by atoms with Crippen LogP contribution in [0, 0.1) is 3.57 Å². The van der Waals surface area contributed by atoms with E-state index in [1.807, 2.05) is 18.2 Å². The third-order valence-electron chi connectivity index (χ3n) is 5.45. The van der Waals surface area contributed by atoms with Crippen LogP contribution < -0.4 is 9.80 Å². The molecule has 0 bridgehead atoms. The summed E-state index contributed by atoms with van der Waals surface area (Å²) >= 11 is 7.81. The van der Waals surface area contributed by atoms with E-state index in [-0.39, 0.29) is 11.6 Å². The third-order valence-corrected chi connectivity index (χ3v) is 6.64. The van der Waals surface area contributed by atoms with Gasteiger partial charge in [0.05, 0.1) is 16.3 Å². The molecule has 0 N–H and O–H groups in total. The maximum absolute atomic E-state index is 13.2. The highest BCUT2D eigenvalue weighted by atomic mass is 127. The number of urea groups is 1. The second kappa shape index (κ2) is 11.0. The largest absolute Gasteiger partial charge is 0.417 e. The molecule has 0 unspecified atom stereocenters. The lowest BCUT2D eigenvalue weighted by molar-refractivity contribution is -0.137. The minimum Gasteiger partial charge on any atom is -0.343 e. The minimum atomic E-state index is -4.64. The highest BCUT2D eigenvalue weighted by Gasteiger charge is 2.34. The normalized spacial score (nSPS) is 11.2. The van der Waals surface area contributed by atoms with Crippen molar-refractivity contribution in [3.05, 3.63) is 85.7 Å². The SMILES string of the molecule is CN(C)C(=O)c1cc(Cc2ccc(N(C)C(=O)N(C)c3ccc(Cl)c(C(F)(F)F)c3)c(I)c2)ccn1. The van der Waals surface area contributed by atoms with E-state index >= 15 is 0 Å². The Morgan fingerprint density at radius 1 is 0.944 bits per heavy atom. The van der Waals surface area contributed by atoms with Crippen LogP contribution in [0.1, 0.15) is 27.2 Å². The van der Waals surface area contributed by atoms with E-state index in [1.54, 1.807) is 39.5 Å². The van der Waals surface area contributed by atoms with Gasteiger partial charge in [-0.3, -0.25) is 19.6 Å². The van der Waals surface area contributed by atoms with Crippen molar-refractivity contribution < 1.29 is 22.8 Å². The summed E-state index contributed by atoms with van der Waals surface area (Å²) in [5.74, 6) is -0.186. The zero-order chi connectivity index (χ0) is 26.8. The van der Waals surface area contributed by atoms with Crippen LogP contribution in [0.2, 0.25) is 5.02 Å². The molecule has 36 heavy (non-hydrogen) atoms. The van der Waals surface area contributed by atoms with Gasteiger partial charge < -0.3 is 4.90 Å². The molecule has 1 heterocycles. The summed E-state index contributed by atoms with van der Waals surface area (Å²) in [6.45, 7) is 0. The van der Waals surface area contributed by atoms with Gasteiger partial charge in [0.25, 0.3) is 5.91 Å². The fourth-order valence-corrected chi connectivity index (χ4v) is 4.64. The Hall–Kier alpha value is -2.86. The van der Waals surface area contributed by atoms with Crippen LogP contribution in [-0.2, 0) is 12.6 Å². The number of benzene rings is 2. The number of amides is 3. The fraction of sp³-hybridized carbons (Fsp3) is 0.240. The molecule has 0 aliphatic rings. The van der Waals surface area contributed by atoms with Gasteiger partial charge in [0.15, 0.2) is 0 Å². The summed E-state index contributed by atoms with van der Waals surface area (Å²) in [6, 6.07) is 12.0. The van der Waals surface area contributed by atoms with Gasteiger partial charge in [0, 0.05) is 43.6 Å². The lowest BCUT2D eigenvalue weighted by Gasteiger charge is -2.26. The zero-order valence-corrected chi connectivity index (χ0v) is 22.8. The Morgan fingerprint density at radius 2 is 1.61 bits per heavy atom. The minimum absolute atomic E-state index is 0.0657. The first-order valence-electron chi connectivity index (χ1n) is 10.6. The first-order chi connectivity index (χ1) is 16.8. The van der Waals surface area contributed by atoms with Crippen LogP contribution in [0.4, 0.5) is 29.3 Å². The Kier molecular flexibility index (Phi) is 8.50. The number of halogens is 5. The molecular formula is C25H23ClF3IN4O2. The van der Waals surface area contributed by atoms with Crippen molar-refractivity contribution in [3.63, 3.8) is 0 Å². The number of anilines is 2. The molecule has 3 aromatic rings. The zero-order valence-electron chi connectivity index (χ0n) is 19.9. The first kappa shape index (κ1) is 27.7. The monoisotopic (exact) mass is 630 g/mol. The van der Waals surface area contributed by atoms with E-state index in [9.17, 15) is 22.8 Å². The lowest BCUT2D eigenvalue weighted by Crippen LogP contribution is -2.39. The van der Waals surface area contributed by atoms with Gasteiger partial charge in [-0.15, -0.1) is 0 Å². The maximum Gasteiger partial charge on any atom is 0.417 e. The predicted octanol–water partition coefficient (Wildman–Crippen LogP) is 6.34. The number of alkyl halides is 3.